The van der Waals surface area contributed by atoms with Gasteiger partial charge < -0.3 is 0 Å². The normalized spacial score (nSPS) is 13.3. The molecule has 0 radical (unpaired) electrons. The molecule has 28 heavy (non-hydrogen) atoms. The Kier molecular flexibility index (Phi) is 6.26. The third-order valence-electron chi connectivity index (χ3n) is 4.22. The highest BCUT2D eigenvalue weighted by Gasteiger charge is 2.22. The predicted molar refractivity (Wildman–Crippen MR) is 106 cm³/mol. The second kappa shape index (κ2) is 8.84. The van der Waals surface area contributed by atoms with E-state index in [4.69, 9.17) is 11.6 Å². The topological polar surface area (TPSA) is 71.9 Å². The number of hydrogen-bond acceptors (Lipinski definition) is 5. The molecule has 0 aromatic carbocycles. The Morgan fingerprint density at radius 1 is 1.11 bits per heavy atom. The lowest BCUT2D eigenvalue weighted by atomic mass is 10.1. The minimum atomic E-state index is -0.461. The largest absolute Gasteiger partial charge is 0.296 e. The molecule has 0 atom stereocenters. The van der Waals surface area contributed by atoms with Gasteiger partial charge in [-0.3, -0.25) is 19.7 Å². The Morgan fingerprint density at radius 2 is 1.93 bits per heavy atom. The van der Waals surface area contributed by atoms with Gasteiger partial charge in [0.25, 0.3) is 0 Å². The first-order valence-corrected chi connectivity index (χ1v) is 9.14. The standard InChI is InChI=1S/C14H14N4O.C6H5ClFN/c1-10-7-15-5-4-11(10)12-8-17-13(9-16-12)18-6-2-3-14(18)19;1-4-2-5(8)6(7)9-3-4/h4-5,7-9H,2-3,6H2,1H3;2-3H,1H3. The number of aryl methyl sites for hydroxylation is 2. The highest BCUT2D eigenvalue weighted by Crippen LogP contribution is 2.22. The van der Waals surface area contributed by atoms with Crippen LogP contribution in [0.4, 0.5) is 10.2 Å². The van der Waals surface area contributed by atoms with Crippen molar-refractivity contribution in [1.29, 1.82) is 0 Å². The minimum absolute atomic E-state index is 0.0689. The van der Waals surface area contributed by atoms with Crippen LogP contribution in [0, 0.1) is 19.7 Å². The van der Waals surface area contributed by atoms with Crippen LogP contribution >= 0.6 is 11.6 Å². The number of aromatic nitrogens is 4. The van der Waals surface area contributed by atoms with Gasteiger partial charge >= 0.3 is 0 Å². The lowest BCUT2D eigenvalue weighted by Gasteiger charge is -2.14. The summed E-state index contributed by atoms with van der Waals surface area (Å²) in [7, 11) is 0. The van der Waals surface area contributed by atoms with Crippen LogP contribution < -0.4 is 4.90 Å². The zero-order chi connectivity index (χ0) is 20.1. The van der Waals surface area contributed by atoms with E-state index in [1.165, 1.54) is 12.3 Å². The Bertz CT molecular complexity index is 981. The van der Waals surface area contributed by atoms with Gasteiger partial charge in [-0.2, -0.15) is 0 Å². The molecule has 1 amide bonds. The SMILES string of the molecule is Cc1cnc(Cl)c(F)c1.Cc1cnccc1-c1cnc(N2CCCC2=O)cn1. The van der Waals surface area contributed by atoms with Crippen molar-refractivity contribution in [3.63, 3.8) is 0 Å². The minimum Gasteiger partial charge on any atom is -0.296 e. The first-order chi connectivity index (χ1) is 13.5. The molecule has 1 aliphatic heterocycles. The van der Waals surface area contributed by atoms with Crippen LogP contribution in [0.25, 0.3) is 11.3 Å². The van der Waals surface area contributed by atoms with E-state index >= 15 is 0 Å². The summed E-state index contributed by atoms with van der Waals surface area (Å²) in [6, 6.07) is 3.26. The number of carbonyl (C=O) groups excluding carboxylic acids is 1. The Balaban J connectivity index is 0.000000211. The van der Waals surface area contributed by atoms with Gasteiger partial charge in [-0.25, -0.2) is 14.4 Å². The molecular weight excluding hydrogens is 381 g/mol. The fourth-order valence-electron chi connectivity index (χ4n) is 2.77. The lowest BCUT2D eigenvalue weighted by Crippen LogP contribution is -2.24. The van der Waals surface area contributed by atoms with Crippen molar-refractivity contribution < 1.29 is 9.18 Å². The van der Waals surface area contributed by atoms with Crippen molar-refractivity contribution >= 4 is 23.3 Å². The number of amides is 1. The molecule has 8 heteroatoms. The van der Waals surface area contributed by atoms with Gasteiger partial charge in [-0.1, -0.05) is 11.6 Å². The van der Waals surface area contributed by atoms with Crippen LogP contribution in [0.1, 0.15) is 24.0 Å². The molecule has 6 nitrogen and oxygen atoms in total. The van der Waals surface area contributed by atoms with Crippen LogP contribution in [0.2, 0.25) is 5.15 Å². The first kappa shape index (κ1) is 19.8. The molecule has 0 unspecified atom stereocenters. The van der Waals surface area contributed by atoms with Crippen molar-refractivity contribution in [1.82, 2.24) is 19.9 Å². The van der Waals surface area contributed by atoms with Crippen LogP contribution in [-0.4, -0.2) is 32.4 Å². The highest BCUT2D eigenvalue weighted by atomic mass is 35.5. The second-order valence-electron chi connectivity index (χ2n) is 6.38. The second-order valence-corrected chi connectivity index (χ2v) is 6.74. The third-order valence-corrected chi connectivity index (χ3v) is 4.50. The number of rotatable bonds is 2. The van der Waals surface area contributed by atoms with Gasteiger partial charge in [0, 0.05) is 37.1 Å². The number of nitrogens with zero attached hydrogens (tertiary/aromatic N) is 5. The molecule has 144 valence electrons. The fraction of sp³-hybridized carbons (Fsp3) is 0.250. The zero-order valence-electron chi connectivity index (χ0n) is 15.6. The number of halogens is 2. The molecule has 0 saturated carbocycles. The molecule has 3 aromatic heterocycles. The summed E-state index contributed by atoms with van der Waals surface area (Å²) in [6.07, 6.45) is 9.93. The van der Waals surface area contributed by atoms with Gasteiger partial charge in [0.05, 0.1) is 18.1 Å². The van der Waals surface area contributed by atoms with Crippen molar-refractivity contribution in [3.05, 3.63) is 65.2 Å². The predicted octanol–water partition coefficient (Wildman–Crippen LogP) is 4.16. The summed E-state index contributed by atoms with van der Waals surface area (Å²) >= 11 is 5.29. The van der Waals surface area contributed by atoms with Gasteiger partial charge in [0.2, 0.25) is 5.91 Å². The van der Waals surface area contributed by atoms with E-state index in [0.717, 1.165) is 35.3 Å². The molecule has 3 aromatic rings. The maximum Gasteiger partial charge on any atom is 0.228 e. The fourth-order valence-corrected chi connectivity index (χ4v) is 2.87. The van der Waals surface area contributed by atoms with Crippen LogP contribution in [0.5, 0.6) is 0 Å². The molecule has 4 rings (SSSR count). The van der Waals surface area contributed by atoms with E-state index in [1.54, 1.807) is 36.6 Å². The van der Waals surface area contributed by atoms with Gasteiger partial charge in [-0.15, -0.1) is 0 Å². The third kappa shape index (κ3) is 4.67. The highest BCUT2D eigenvalue weighted by molar-refractivity contribution is 6.29. The van der Waals surface area contributed by atoms with Gasteiger partial charge in [0.15, 0.2) is 16.8 Å². The average molecular weight is 400 g/mol. The molecule has 1 saturated heterocycles. The smallest absolute Gasteiger partial charge is 0.228 e. The van der Waals surface area contributed by atoms with E-state index < -0.39 is 5.82 Å². The van der Waals surface area contributed by atoms with E-state index in [0.29, 0.717) is 12.2 Å². The average Bonchev–Trinajstić information content (AvgIpc) is 3.12. The van der Waals surface area contributed by atoms with Crippen molar-refractivity contribution in [2.24, 2.45) is 0 Å². The Hall–Kier alpha value is -2.93. The number of hydrogen-bond donors (Lipinski definition) is 0. The summed E-state index contributed by atoms with van der Waals surface area (Å²) in [4.78, 5) is 29.7. The number of anilines is 1. The van der Waals surface area contributed by atoms with Gasteiger partial charge in [-0.05, 0) is 43.5 Å². The summed E-state index contributed by atoms with van der Waals surface area (Å²) in [5, 5.41) is -0.0689. The molecule has 0 bridgehead atoms. The van der Waals surface area contributed by atoms with Crippen LogP contribution in [-0.2, 0) is 4.79 Å². The van der Waals surface area contributed by atoms with E-state index in [-0.39, 0.29) is 11.1 Å². The maximum atomic E-state index is 12.4. The van der Waals surface area contributed by atoms with Crippen LogP contribution in [0.15, 0.2) is 43.1 Å². The molecule has 0 spiro atoms. The van der Waals surface area contributed by atoms with E-state index in [2.05, 4.69) is 19.9 Å². The van der Waals surface area contributed by atoms with E-state index in [1.807, 2.05) is 13.0 Å². The quantitative estimate of drug-likeness (QED) is 0.605. The van der Waals surface area contributed by atoms with Crippen molar-refractivity contribution in [2.75, 3.05) is 11.4 Å². The summed E-state index contributed by atoms with van der Waals surface area (Å²) in [6.45, 7) is 4.48. The Morgan fingerprint density at radius 3 is 2.50 bits per heavy atom. The molecule has 0 aliphatic carbocycles. The first-order valence-electron chi connectivity index (χ1n) is 8.76. The molecule has 1 fully saturated rings. The van der Waals surface area contributed by atoms with Crippen molar-refractivity contribution in [2.45, 2.75) is 26.7 Å². The monoisotopic (exact) mass is 399 g/mol. The molecule has 1 aliphatic rings. The number of pyridine rings is 2. The molecular formula is C20H19ClFN5O. The van der Waals surface area contributed by atoms with E-state index in [9.17, 15) is 9.18 Å². The Labute approximate surface area is 167 Å². The zero-order valence-corrected chi connectivity index (χ0v) is 16.3. The lowest BCUT2D eigenvalue weighted by molar-refractivity contribution is -0.117. The van der Waals surface area contributed by atoms with Gasteiger partial charge in [0.1, 0.15) is 0 Å². The summed E-state index contributed by atoms with van der Waals surface area (Å²) in [5.74, 6) is 0.303. The molecule has 4 heterocycles. The van der Waals surface area contributed by atoms with Crippen molar-refractivity contribution in [3.8, 4) is 11.3 Å². The number of carbonyl (C=O) groups is 1. The maximum absolute atomic E-state index is 12.4. The summed E-state index contributed by atoms with van der Waals surface area (Å²) < 4.78 is 12.4. The van der Waals surface area contributed by atoms with Crippen LogP contribution in [0.3, 0.4) is 0 Å². The molecule has 0 N–H and O–H groups in total. The summed E-state index contributed by atoms with van der Waals surface area (Å²) in [5.41, 5.74) is 3.65.